The Morgan fingerprint density at radius 2 is 2.75 bits per heavy atom. The summed E-state index contributed by atoms with van der Waals surface area (Å²) < 4.78 is 0. The fraction of sp³-hybridized carbons (Fsp3) is 0.333. The van der Waals surface area contributed by atoms with Crippen LogP contribution in [0.25, 0.3) is 0 Å². The highest BCUT2D eigenvalue weighted by molar-refractivity contribution is 5.75. The molecule has 2 radical (unpaired) electrons. The molecular formula is C3H2N2O3. The van der Waals surface area contributed by atoms with Crippen LogP contribution in [0.3, 0.4) is 0 Å². The standard InChI is InChI=1S/C3H2N2O3/c6-5(7)3-1-2-8-4-3/h1H2. The van der Waals surface area contributed by atoms with E-state index in [1.165, 1.54) is 0 Å². The molecule has 0 saturated carbocycles. The smallest absolute Gasteiger partial charge is 0.358 e. The van der Waals surface area contributed by atoms with Crippen molar-refractivity contribution in [1.29, 1.82) is 0 Å². The third-order valence-corrected chi connectivity index (χ3v) is 0.657. The predicted octanol–water partition coefficient (Wildman–Crippen LogP) is 0.0357. The van der Waals surface area contributed by atoms with Crippen molar-refractivity contribution in [2.24, 2.45) is 5.16 Å². The molecule has 0 atom stereocenters. The lowest BCUT2D eigenvalue weighted by Crippen LogP contribution is -2.06. The van der Waals surface area contributed by atoms with Gasteiger partial charge >= 0.3 is 5.84 Å². The molecule has 1 aliphatic heterocycles. The molecule has 0 amide bonds. The lowest BCUT2D eigenvalue weighted by molar-refractivity contribution is -0.352. The second kappa shape index (κ2) is 1.77. The highest BCUT2D eigenvalue weighted by atomic mass is 16.7. The highest BCUT2D eigenvalue weighted by Crippen LogP contribution is 2.03. The molecule has 0 aromatic heterocycles. The van der Waals surface area contributed by atoms with Crippen molar-refractivity contribution in [3.05, 3.63) is 16.7 Å². The minimum atomic E-state index is -0.597. The van der Waals surface area contributed by atoms with E-state index in [1.807, 2.05) is 0 Å². The number of oxime groups is 1. The van der Waals surface area contributed by atoms with Crippen LogP contribution < -0.4 is 0 Å². The Balaban J connectivity index is 2.57. The van der Waals surface area contributed by atoms with Crippen LogP contribution in [0.15, 0.2) is 5.16 Å². The molecule has 0 saturated heterocycles. The Labute approximate surface area is 45.1 Å². The number of nitro groups is 1. The molecule has 0 fully saturated rings. The average Bonchev–Trinajstić information content (AvgIpc) is 2.12. The van der Waals surface area contributed by atoms with Gasteiger partial charge in [-0.1, -0.05) is 0 Å². The first-order valence-electron chi connectivity index (χ1n) is 1.91. The molecule has 0 bridgehead atoms. The summed E-state index contributed by atoms with van der Waals surface area (Å²) in [7, 11) is 0. The van der Waals surface area contributed by atoms with E-state index in [1.54, 1.807) is 0 Å². The van der Waals surface area contributed by atoms with Gasteiger partial charge in [-0.25, -0.2) is 0 Å². The van der Waals surface area contributed by atoms with Gasteiger partial charge in [-0.05, 0) is 4.92 Å². The molecule has 5 heteroatoms. The maximum absolute atomic E-state index is 9.76. The maximum Gasteiger partial charge on any atom is 0.389 e. The van der Waals surface area contributed by atoms with E-state index in [0.717, 1.165) is 0 Å². The SMILES string of the molecule is O=[N+]([O-])C1=NO[C]C1. The van der Waals surface area contributed by atoms with E-state index in [-0.39, 0.29) is 12.3 Å². The summed E-state index contributed by atoms with van der Waals surface area (Å²) in [5, 5.41) is 12.8. The molecule has 42 valence electrons. The molecule has 0 aromatic rings. The highest BCUT2D eigenvalue weighted by Gasteiger charge is 2.21. The Hall–Kier alpha value is -1.13. The summed E-state index contributed by atoms with van der Waals surface area (Å²) >= 11 is 0. The first-order chi connectivity index (χ1) is 3.80. The van der Waals surface area contributed by atoms with Gasteiger partial charge in [-0.3, -0.25) is 4.84 Å². The van der Waals surface area contributed by atoms with Crippen LogP contribution in [0.5, 0.6) is 0 Å². The van der Waals surface area contributed by atoms with Crippen LogP contribution in [-0.4, -0.2) is 10.8 Å². The Morgan fingerprint density at radius 3 is 3.00 bits per heavy atom. The van der Waals surface area contributed by atoms with E-state index in [9.17, 15) is 10.1 Å². The van der Waals surface area contributed by atoms with Crippen molar-refractivity contribution >= 4 is 5.84 Å². The number of amidine groups is 1. The first-order valence-corrected chi connectivity index (χ1v) is 1.91. The molecule has 0 aromatic carbocycles. The minimum Gasteiger partial charge on any atom is -0.358 e. The summed E-state index contributed by atoms with van der Waals surface area (Å²) in [4.78, 5) is 13.3. The van der Waals surface area contributed by atoms with Crippen molar-refractivity contribution in [3.63, 3.8) is 0 Å². The lowest BCUT2D eigenvalue weighted by atomic mass is 10.4. The Morgan fingerprint density at radius 1 is 2.00 bits per heavy atom. The van der Waals surface area contributed by atoms with Crippen LogP contribution in [0.4, 0.5) is 0 Å². The van der Waals surface area contributed by atoms with Gasteiger partial charge in [0.25, 0.3) is 6.61 Å². The Bertz CT molecular complexity index is 141. The number of nitrogens with zero attached hydrogens (tertiary/aromatic N) is 2. The zero-order valence-electron chi connectivity index (χ0n) is 3.83. The molecule has 1 aliphatic rings. The molecule has 8 heavy (non-hydrogen) atoms. The molecule has 0 unspecified atom stereocenters. The second-order valence-electron chi connectivity index (χ2n) is 1.18. The van der Waals surface area contributed by atoms with Gasteiger partial charge in [-0.15, -0.1) is 0 Å². The van der Waals surface area contributed by atoms with Crippen molar-refractivity contribution in [2.75, 3.05) is 0 Å². The van der Waals surface area contributed by atoms with Crippen LogP contribution in [0.2, 0.25) is 0 Å². The van der Waals surface area contributed by atoms with Gasteiger partial charge in [-0.2, -0.15) is 0 Å². The average molecular weight is 114 g/mol. The third kappa shape index (κ3) is 0.749. The Kier molecular flexibility index (Phi) is 1.11. The zero-order chi connectivity index (χ0) is 5.98. The molecule has 0 spiro atoms. The molecule has 1 rings (SSSR count). The number of hydrogen-bond acceptors (Lipinski definition) is 4. The fourth-order valence-electron chi connectivity index (χ4n) is 0.312. The number of hydrogen-bond donors (Lipinski definition) is 0. The quantitative estimate of drug-likeness (QED) is 0.329. The van der Waals surface area contributed by atoms with E-state index < -0.39 is 4.92 Å². The summed E-state index contributed by atoms with van der Waals surface area (Å²) in [6.07, 6.45) is 0.0764. The molecule has 5 nitrogen and oxygen atoms in total. The summed E-state index contributed by atoms with van der Waals surface area (Å²) in [5.41, 5.74) is 0. The second-order valence-corrected chi connectivity index (χ2v) is 1.18. The van der Waals surface area contributed by atoms with E-state index in [0.29, 0.717) is 0 Å². The van der Waals surface area contributed by atoms with Gasteiger partial charge in [0.05, 0.1) is 0 Å². The van der Waals surface area contributed by atoms with Crippen LogP contribution in [0.1, 0.15) is 6.42 Å². The van der Waals surface area contributed by atoms with Gasteiger partial charge in [0.2, 0.25) is 0 Å². The molecule has 0 N–H and O–H groups in total. The summed E-state index contributed by atoms with van der Waals surface area (Å²) in [5.74, 6) is -0.190. The first kappa shape index (κ1) is 5.02. The van der Waals surface area contributed by atoms with Crippen LogP contribution >= 0.6 is 0 Å². The minimum absolute atomic E-state index is 0.0764. The molecular weight excluding hydrogens is 112 g/mol. The zero-order valence-corrected chi connectivity index (χ0v) is 3.83. The van der Waals surface area contributed by atoms with E-state index in [2.05, 4.69) is 16.6 Å². The van der Waals surface area contributed by atoms with Gasteiger partial charge in [0, 0.05) is 0 Å². The van der Waals surface area contributed by atoms with E-state index >= 15 is 0 Å². The van der Waals surface area contributed by atoms with E-state index in [4.69, 9.17) is 0 Å². The van der Waals surface area contributed by atoms with Crippen molar-refractivity contribution in [3.8, 4) is 0 Å². The molecule has 0 aliphatic carbocycles. The summed E-state index contributed by atoms with van der Waals surface area (Å²) in [6.45, 7) is 2.21. The predicted molar refractivity (Wildman–Crippen MR) is 23.4 cm³/mol. The normalized spacial score (nSPS) is 17.2. The van der Waals surface area contributed by atoms with Crippen molar-refractivity contribution < 1.29 is 9.76 Å². The molecule has 1 heterocycles. The number of rotatable bonds is 0. The topological polar surface area (TPSA) is 64.7 Å². The fourth-order valence-corrected chi connectivity index (χ4v) is 0.312. The summed E-state index contributed by atoms with van der Waals surface area (Å²) in [6, 6.07) is 0. The van der Waals surface area contributed by atoms with Gasteiger partial charge in [0.1, 0.15) is 6.42 Å². The van der Waals surface area contributed by atoms with Gasteiger partial charge < -0.3 is 10.1 Å². The largest absolute Gasteiger partial charge is 0.389 e. The van der Waals surface area contributed by atoms with Crippen LogP contribution in [-0.2, 0) is 4.84 Å². The van der Waals surface area contributed by atoms with Gasteiger partial charge in [0.15, 0.2) is 5.16 Å². The van der Waals surface area contributed by atoms with Crippen molar-refractivity contribution in [2.45, 2.75) is 6.42 Å². The monoisotopic (exact) mass is 114 g/mol. The van der Waals surface area contributed by atoms with Crippen molar-refractivity contribution in [1.82, 2.24) is 0 Å². The maximum atomic E-state index is 9.76. The van der Waals surface area contributed by atoms with Crippen LogP contribution in [0, 0.1) is 16.7 Å². The lowest BCUT2D eigenvalue weighted by Gasteiger charge is -1.83. The third-order valence-electron chi connectivity index (χ3n) is 0.657.